The molecule has 0 aromatic carbocycles. The highest BCUT2D eigenvalue weighted by molar-refractivity contribution is 6.11. The van der Waals surface area contributed by atoms with Crippen LogP contribution >= 0.6 is 0 Å². The predicted octanol–water partition coefficient (Wildman–Crippen LogP) is 0.525. The third-order valence-corrected chi connectivity index (χ3v) is 3.33. The van der Waals surface area contributed by atoms with E-state index in [1.807, 2.05) is 0 Å². The molecule has 7 heteroatoms. The smallest absolute Gasteiger partial charge is 0.347 e. The van der Waals surface area contributed by atoms with Crippen LogP contribution in [0.25, 0.3) is 0 Å². The van der Waals surface area contributed by atoms with Crippen LogP contribution in [0.3, 0.4) is 0 Å². The van der Waals surface area contributed by atoms with Crippen LogP contribution in [0.5, 0.6) is 0 Å². The predicted molar refractivity (Wildman–Crippen MR) is 73.6 cm³/mol. The summed E-state index contributed by atoms with van der Waals surface area (Å²) in [5, 5.41) is 37.5. The van der Waals surface area contributed by atoms with Gasteiger partial charge in [0, 0.05) is 5.92 Å². The number of carboxylic acids is 2. The van der Waals surface area contributed by atoms with Crippen molar-refractivity contribution in [1.29, 1.82) is 0 Å². The summed E-state index contributed by atoms with van der Waals surface area (Å²) < 4.78 is 0. The van der Waals surface area contributed by atoms with Gasteiger partial charge in [0.05, 0.1) is 0 Å². The van der Waals surface area contributed by atoms with Gasteiger partial charge in [-0.1, -0.05) is 41.5 Å². The number of ketones is 1. The molecule has 0 bridgehead atoms. The fourth-order valence-corrected chi connectivity index (χ4v) is 2.84. The Bertz CT molecular complexity index is 427. The zero-order valence-electron chi connectivity index (χ0n) is 13.2. The summed E-state index contributed by atoms with van der Waals surface area (Å²) in [7, 11) is 0. The first-order valence-electron chi connectivity index (χ1n) is 6.48. The lowest BCUT2D eigenvalue weighted by atomic mass is 9.61. The molecule has 0 aromatic rings. The summed E-state index contributed by atoms with van der Waals surface area (Å²) in [6.45, 7) is 10.1. The Morgan fingerprint density at radius 2 is 1.19 bits per heavy atom. The van der Waals surface area contributed by atoms with Crippen LogP contribution in [0.4, 0.5) is 0 Å². The molecule has 0 spiro atoms. The minimum Gasteiger partial charge on any atom is -0.479 e. The van der Waals surface area contributed by atoms with Crippen LogP contribution in [0.2, 0.25) is 0 Å². The number of carbonyl (C=O) groups excluding carboxylic acids is 1. The molecule has 2 atom stereocenters. The third kappa shape index (κ3) is 3.79. The van der Waals surface area contributed by atoms with Crippen LogP contribution in [0, 0.1) is 16.7 Å². The molecule has 122 valence electrons. The lowest BCUT2D eigenvalue weighted by Gasteiger charge is -2.42. The summed E-state index contributed by atoms with van der Waals surface area (Å²) in [5.41, 5.74) is -4.87. The van der Waals surface area contributed by atoms with Gasteiger partial charge in [-0.15, -0.1) is 0 Å². The summed E-state index contributed by atoms with van der Waals surface area (Å²) >= 11 is 0. The molecule has 0 rings (SSSR count). The van der Waals surface area contributed by atoms with Gasteiger partial charge in [-0.25, -0.2) is 9.59 Å². The quantitative estimate of drug-likeness (QED) is 0.544. The zero-order valence-corrected chi connectivity index (χ0v) is 13.2. The normalized spacial score (nSPS) is 17.2. The van der Waals surface area contributed by atoms with E-state index in [4.69, 9.17) is 10.2 Å². The van der Waals surface area contributed by atoms with Crippen LogP contribution in [0.15, 0.2) is 0 Å². The molecule has 0 saturated heterocycles. The Morgan fingerprint density at radius 1 is 0.857 bits per heavy atom. The van der Waals surface area contributed by atoms with Crippen LogP contribution < -0.4 is 0 Å². The number of hydrogen-bond acceptors (Lipinski definition) is 5. The highest BCUT2D eigenvalue weighted by Crippen LogP contribution is 2.43. The highest BCUT2D eigenvalue weighted by atomic mass is 16.4. The van der Waals surface area contributed by atoms with Crippen molar-refractivity contribution in [2.24, 2.45) is 16.7 Å². The highest BCUT2D eigenvalue weighted by Gasteiger charge is 2.59. The summed E-state index contributed by atoms with van der Waals surface area (Å²) in [4.78, 5) is 34.7. The van der Waals surface area contributed by atoms with Crippen molar-refractivity contribution in [3.05, 3.63) is 0 Å². The van der Waals surface area contributed by atoms with Gasteiger partial charge in [0.1, 0.15) is 0 Å². The van der Waals surface area contributed by atoms with Gasteiger partial charge in [0.25, 0.3) is 5.60 Å². The average Bonchev–Trinajstić information content (AvgIpc) is 2.21. The van der Waals surface area contributed by atoms with E-state index in [-0.39, 0.29) is 0 Å². The van der Waals surface area contributed by atoms with E-state index in [1.54, 1.807) is 41.5 Å². The first-order valence-corrected chi connectivity index (χ1v) is 6.48. The van der Waals surface area contributed by atoms with Gasteiger partial charge in [0.15, 0.2) is 11.9 Å². The molecular formula is C14H24O7. The summed E-state index contributed by atoms with van der Waals surface area (Å²) in [6.07, 6.45) is -2.74. The van der Waals surface area contributed by atoms with Crippen molar-refractivity contribution in [3.8, 4) is 0 Å². The number of rotatable bonds is 5. The first-order chi connectivity index (χ1) is 9.07. The molecule has 0 amide bonds. The molecule has 0 saturated carbocycles. The van der Waals surface area contributed by atoms with Gasteiger partial charge >= 0.3 is 11.9 Å². The Kier molecular flexibility index (Phi) is 5.33. The molecule has 4 N–H and O–H groups in total. The number of aliphatic hydroxyl groups is 2. The van der Waals surface area contributed by atoms with Crippen molar-refractivity contribution >= 4 is 17.7 Å². The van der Waals surface area contributed by atoms with E-state index >= 15 is 0 Å². The molecule has 0 aliphatic carbocycles. The second-order valence-electron chi connectivity index (χ2n) is 7.34. The fourth-order valence-electron chi connectivity index (χ4n) is 2.84. The van der Waals surface area contributed by atoms with Crippen molar-refractivity contribution < 1.29 is 34.8 Å². The number of carboxylic acid groups (broad SMARTS) is 2. The van der Waals surface area contributed by atoms with Crippen molar-refractivity contribution in [1.82, 2.24) is 0 Å². The Balaban J connectivity index is 6.11. The molecule has 0 radical (unpaired) electrons. The zero-order chi connectivity index (χ0) is 17.4. The molecule has 2 unspecified atom stereocenters. The molecule has 0 heterocycles. The van der Waals surface area contributed by atoms with E-state index in [2.05, 4.69) is 0 Å². The van der Waals surface area contributed by atoms with Gasteiger partial charge in [-0.05, 0) is 10.8 Å². The molecular weight excluding hydrogens is 280 g/mol. The van der Waals surface area contributed by atoms with Crippen LogP contribution in [-0.4, -0.2) is 49.9 Å². The average molecular weight is 304 g/mol. The van der Waals surface area contributed by atoms with E-state index in [0.29, 0.717) is 0 Å². The Labute approximate surface area is 123 Å². The van der Waals surface area contributed by atoms with E-state index in [0.717, 1.165) is 0 Å². The van der Waals surface area contributed by atoms with Gasteiger partial charge < -0.3 is 20.4 Å². The lowest BCUT2D eigenvalue weighted by molar-refractivity contribution is -0.191. The monoisotopic (exact) mass is 304 g/mol. The van der Waals surface area contributed by atoms with Crippen molar-refractivity contribution in [3.63, 3.8) is 0 Å². The van der Waals surface area contributed by atoms with E-state index in [1.165, 1.54) is 0 Å². The van der Waals surface area contributed by atoms with Crippen LogP contribution in [-0.2, 0) is 14.4 Å². The minimum absolute atomic E-state index is 0.739. The molecule has 0 aliphatic rings. The Morgan fingerprint density at radius 3 is 1.38 bits per heavy atom. The number of aliphatic carboxylic acids is 2. The molecule has 0 fully saturated rings. The maximum atomic E-state index is 12.6. The lowest BCUT2D eigenvalue weighted by Crippen LogP contribution is -2.63. The topological polar surface area (TPSA) is 132 Å². The summed E-state index contributed by atoms with van der Waals surface area (Å²) in [5.74, 6) is -6.26. The maximum absolute atomic E-state index is 12.6. The van der Waals surface area contributed by atoms with Crippen molar-refractivity contribution in [2.75, 3.05) is 0 Å². The standard InChI is InChI=1S/C14H24O7/c1-12(2,3)7(13(4,5)6)8(15)14(21,11(19)20)9(16)10(17)18/h7,9,16,21H,1-6H3,(H,17,18)(H,19,20). The maximum Gasteiger partial charge on any atom is 0.347 e. The number of hydrogen-bond donors (Lipinski definition) is 4. The van der Waals surface area contributed by atoms with Gasteiger partial charge in [0.2, 0.25) is 0 Å². The minimum atomic E-state index is -3.39. The SMILES string of the molecule is CC(C)(C)C(C(=O)C(O)(C(=O)O)C(O)C(=O)O)C(C)(C)C. The molecule has 7 nitrogen and oxygen atoms in total. The third-order valence-electron chi connectivity index (χ3n) is 3.33. The van der Waals surface area contributed by atoms with Crippen LogP contribution in [0.1, 0.15) is 41.5 Å². The fraction of sp³-hybridized carbons (Fsp3) is 0.786. The van der Waals surface area contributed by atoms with Crippen molar-refractivity contribution in [2.45, 2.75) is 53.2 Å². The number of carbonyl (C=O) groups is 3. The molecule has 0 aliphatic heterocycles. The second kappa shape index (κ2) is 5.73. The summed E-state index contributed by atoms with van der Waals surface area (Å²) in [6, 6.07) is 0. The van der Waals surface area contributed by atoms with E-state index in [9.17, 15) is 24.6 Å². The van der Waals surface area contributed by atoms with E-state index < -0.39 is 46.2 Å². The first kappa shape index (κ1) is 19.5. The second-order valence-corrected chi connectivity index (χ2v) is 7.34. The number of Topliss-reactive ketones (excluding diaryl/α,β-unsaturated/α-hetero) is 1. The van der Waals surface area contributed by atoms with Gasteiger partial charge in [-0.2, -0.15) is 0 Å². The van der Waals surface area contributed by atoms with Gasteiger partial charge in [-0.3, -0.25) is 4.79 Å². The number of aliphatic hydroxyl groups excluding tert-OH is 1. The largest absolute Gasteiger partial charge is 0.479 e. The molecule has 0 aromatic heterocycles. The Hall–Kier alpha value is -1.47. The molecule has 21 heavy (non-hydrogen) atoms.